The molecule has 84 valence electrons. The van der Waals surface area contributed by atoms with Gasteiger partial charge in [-0.3, -0.25) is 4.68 Å². The van der Waals surface area contributed by atoms with Crippen LogP contribution in [0.1, 0.15) is 25.8 Å². The maximum atomic E-state index is 5.15. The largest absolute Gasteiger partial charge is 0.360 e. The maximum absolute atomic E-state index is 5.15. The van der Waals surface area contributed by atoms with Gasteiger partial charge >= 0.3 is 0 Å². The first-order valence-electron chi connectivity index (χ1n) is 5.13. The van der Waals surface area contributed by atoms with Crippen molar-refractivity contribution in [2.75, 3.05) is 0 Å². The van der Waals surface area contributed by atoms with Crippen LogP contribution in [0.4, 0.5) is 0 Å². The fourth-order valence-corrected chi connectivity index (χ4v) is 1.40. The Hall–Kier alpha value is -1.10. The van der Waals surface area contributed by atoms with E-state index in [0.717, 1.165) is 18.5 Å². The second-order valence-corrected chi connectivity index (χ2v) is 4.07. The third-order valence-corrected chi connectivity index (χ3v) is 2.46. The van der Waals surface area contributed by atoms with E-state index in [4.69, 9.17) is 12.2 Å². The van der Waals surface area contributed by atoms with Gasteiger partial charge in [-0.25, -0.2) is 0 Å². The summed E-state index contributed by atoms with van der Waals surface area (Å²) in [5.41, 5.74) is 1.13. The Morgan fingerprint density at radius 3 is 2.93 bits per heavy atom. The molecule has 0 aliphatic carbocycles. The van der Waals surface area contributed by atoms with Crippen LogP contribution in [0, 0.1) is 0 Å². The molecule has 1 unspecified atom stereocenters. The lowest BCUT2D eigenvalue weighted by Crippen LogP contribution is -2.39. The molecule has 0 amide bonds. The number of nitrogens with one attached hydrogen (secondary N) is 2. The molecule has 0 fully saturated rings. The Morgan fingerprint density at radius 2 is 2.40 bits per heavy atom. The molecule has 1 aromatic rings. The predicted octanol–water partition coefficient (Wildman–Crippen LogP) is 1.18. The second-order valence-electron chi connectivity index (χ2n) is 3.66. The number of aromatic nitrogens is 2. The zero-order valence-corrected chi connectivity index (χ0v) is 10.3. The van der Waals surface area contributed by atoms with E-state index < -0.39 is 0 Å². The van der Waals surface area contributed by atoms with Crippen LogP contribution in [0.2, 0.25) is 0 Å². The average molecular weight is 226 g/mol. The van der Waals surface area contributed by atoms with Gasteiger partial charge in [0.25, 0.3) is 0 Å². The monoisotopic (exact) mass is 226 g/mol. The van der Waals surface area contributed by atoms with Crippen molar-refractivity contribution < 1.29 is 0 Å². The lowest BCUT2D eigenvalue weighted by atomic mass is 10.3. The fourth-order valence-electron chi connectivity index (χ4n) is 1.12. The van der Waals surface area contributed by atoms with E-state index >= 15 is 0 Å². The maximum Gasteiger partial charge on any atom is 0.166 e. The number of hydrogen-bond donors (Lipinski definition) is 2. The van der Waals surface area contributed by atoms with Gasteiger partial charge in [0.2, 0.25) is 0 Å². The van der Waals surface area contributed by atoms with Gasteiger partial charge in [0, 0.05) is 31.4 Å². The predicted molar refractivity (Wildman–Crippen MR) is 65.5 cm³/mol. The molecule has 0 radical (unpaired) electrons. The minimum absolute atomic E-state index is 0.416. The third-order valence-electron chi connectivity index (χ3n) is 2.20. The molecule has 0 saturated heterocycles. The lowest BCUT2D eigenvalue weighted by Gasteiger charge is -2.14. The molecule has 4 nitrogen and oxygen atoms in total. The molecule has 1 aromatic heterocycles. The number of thiocarbonyl (C=S) groups is 1. The summed E-state index contributed by atoms with van der Waals surface area (Å²) in [5, 5.41) is 11.1. The summed E-state index contributed by atoms with van der Waals surface area (Å²) in [6.45, 7) is 4.95. The lowest BCUT2D eigenvalue weighted by molar-refractivity contribution is 0.632. The molecule has 1 heterocycles. The highest BCUT2D eigenvalue weighted by atomic mass is 32.1. The minimum atomic E-state index is 0.416. The fraction of sp³-hybridized carbons (Fsp3) is 0.600. The summed E-state index contributed by atoms with van der Waals surface area (Å²) in [7, 11) is 1.90. The van der Waals surface area contributed by atoms with Crippen LogP contribution in [-0.4, -0.2) is 20.9 Å². The van der Waals surface area contributed by atoms with Crippen molar-refractivity contribution in [1.82, 2.24) is 20.4 Å². The van der Waals surface area contributed by atoms with Crippen LogP contribution in [-0.2, 0) is 13.6 Å². The van der Waals surface area contributed by atoms with E-state index in [-0.39, 0.29) is 0 Å². The molecule has 0 spiro atoms. The minimum Gasteiger partial charge on any atom is -0.360 e. The summed E-state index contributed by atoms with van der Waals surface area (Å²) in [6, 6.07) is 0.416. The highest BCUT2D eigenvalue weighted by molar-refractivity contribution is 7.80. The average Bonchev–Trinajstić information content (AvgIpc) is 2.61. The first-order chi connectivity index (χ1) is 7.11. The third kappa shape index (κ3) is 4.29. The summed E-state index contributed by atoms with van der Waals surface area (Å²) in [4.78, 5) is 0. The zero-order valence-electron chi connectivity index (χ0n) is 9.45. The number of aryl methyl sites for hydroxylation is 1. The van der Waals surface area contributed by atoms with Gasteiger partial charge in [-0.1, -0.05) is 6.92 Å². The quantitative estimate of drug-likeness (QED) is 0.757. The Labute approximate surface area is 96.1 Å². The summed E-state index contributed by atoms with van der Waals surface area (Å²) in [5.74, 6) is 0. The highest BCUT2D eigenvalue weighted by Gasteiger charge is 2.01. The summed E-state index contributed by atoms with van der Waals surface area (Å²) < 4.78 is 1.78. The van der Waals surface area contributed by atoms with E-state index in [1.807, 2.05) is 19.4 Å². The van der Waals surface area contributed by atoms with E-state index in [2.05, 4.69) is 29.6 Å². The Bertz CT molecular complexity index is 321. The molecule has 0 bridgehead atoms. The van der Waals surface area contributed by atoms with E-state index in [9.17, 15) is 0 Å². The van der Waals surface area contributed by atoms with Crippen molar-refractivity contribution in [2.45, 2.75) is 32.9 Å². The first-order valence-corrected chi connectivity index (χ1v) is 5.54. The summed E-state index contributed by atoms with van der Waals surface area (Å²) >= 11 is 5.15. The SMILES string of the molecule is CCC(C)NC(=S)NCc1cnn(C)c1. The Kier molecular flexibility index (Phi) is 4.55. The summed E-state index contributed by atoms with van der Waals surface area (Å²) in [6.07, 6.45) is 4.87. The van der Waals surface area contributed by atoms with Crippen LogP contribution in [0.15, 0.2) is 12.4 Å². The van der Waals surface area contributed by atoms with Gasteiger partial charge in [-0.2, -0.15) is 5.10 Å². The van der Waals surface area contributed by atoms with E-state index in [1.165, 1.54) is 0 Å². The normalized spacial score (nSPS) is 12.2. The first kappa shape index (κ1) is 12.0. The van der Waals surface area contributed by atoms with Crippen molar-refractivity contribution in [2.24, 2.45) is 7.05 Å². The van der Waals surface area contributed by atoms with Gasteiger partial charge in [-0.15, -0.1) is 0 Å². The smallest absolute Gasteiger partial charge is 0.166 e. The Balaban J connectivity index is 2.28. The van der Waals surface area contributed by atoms with Gasteiger partial charge in [0.05, 0.1) is 6.20 Å². The van der Waals surface area contributed by atoms with Crippen LogP contribution in [0.25, 0.3) is 0 Å². The van der Waals surface area contributed by atoms with Crippen molar-refractivity contribution in [3.63, 3.8) is 0 Å². The highest BCUT2D eigenvalue weighted by Crippen LogP contribution is 1.95. The van der Waals surface area contributed by atoms with Crippen molar-refractivity contribution >= 4 is 17.3 Å². The van der Waals surface area contributed by atoms with Crippen molar-refractivity contribution in [3.8, 4) is 0 Å². The van der Waals surface area contributed by atoms with E-state index in [0.29, 0.717) is 11.2 Å². The molecule has 1 atom stereocenters. The molecule has 2 N–H and O–H groups in total. The molecule has 1 rings (SSSR count). The van der Waals surface area contributed by atoms with Crippen LogP contribution < -0.4 is 10.6 Å². The number of nitrogens with zero attached hydrogens (tertiary/aromatic N) is 2. The van der Waals surface area contributed by atoms with Crippen LogP contribution in [0.5, 0.6) is 0 Å². The van der Waals surface area contributed by atoms with Gasteiger partial charge < -0.3 is 10.6 Å². The van der Waals surface area contributed by atoms with Gasteiger partial charge in [0.1, 0.15) is 0 Å². The van der Waals surface area contributed by atoms with E-state index in [1.54, 1.807) is 4.68 Å². The molecule has 0 saturated carbocycles. The van der Waals surface area contributed by atoms with Gasteiger partial charge in [-0.05, 0) is 25.6 Å². The molecule has 0 aliphatic heterocycles. The van der Waals surface area contributed by atoms with Crippen LogP contribution >= 0.6 is 12.2 Å². The molecular weight excluding hydrogens is 208 g/mol. The molecule has 5 heteroatoms. The number of hydrogen-bond acceptors (Lipinski definition) is 2. The standard InChI is InChI=1S/C10H18N4S/c1-4-8(2)13-10(15)11-5-9-6-12-14(3)7-9/h6-8H,4-5H2,1-3H3,(H2,11,13,15). The Morgan fingerprint density at radius 1 is 1.67 bits per heavy atom. The van der Waals surface area contributed by atoms with Gasteiger partial charge in [0.15, 0.2) is 5.11 Å². The van der Waals surface area contributed by atoms with Crippen LogP contribution in [0.3, 0.4) is 0 Å². The molecule has 0 aliphatic rings. The van der Waals surface area contributed by atoms with Crippen molar-refractivity contribution in [1.29, 1.82) is 0 Å². The molecule has 15 heavy (non-hydrogen) atoms. The molecular formula is C10H18N4S. The number of rotatable bonds is 4. The topological polar surface area (TPSA) is 41.9 Å². The second kappa shape index (κ2) is 5.70. The molecule has 0 aromatic carbocycles. The zero-order chi connectivity index (χ0) is 11.3. The van der Waals surface area contributed by atoms with Crippen molar-refractivity contribution in [3.05, 3.63) is 18.0 Å².